The summed E-state index contributed by atoms with van der Waals surface area (Å²) in [4.78, 5) is 6.69. The van der Waals surface area contributed by atoms with Crippen molar-refractivity contribution < 1.29 is 9.84 Å². The molecule has 0 aliphatic heterocycles. The number of anilines is 1. The first-order valence-electron chi connectivity index (χ1n) is 5.96. The van der Waals surface area contributed by atoms with Gasteiger partial charge in [0.2, 0.25) is 0 Å². The van der Waals surface area contributed by atoms with Crippen LogP contribution in [-0.4, -0.2) is 36.4 Å². The molecule has 0 amide bonds. The van der Waals surface area contributed by atoms with Gasteiger partial charge in [-0.25, -0.2) is 4.98 Å². The minimum absolute atomic E-state index is 0.0482. The molecule has 1 aromatic heterocycles. The highest BCUT2D eigenvalue weighted by Gasteiger charge is 2.14. The smallest absolute Gasteiger partial charge is 0.129 e. The highest BCUT2D eigenvalue weighted by Crippen LogP contribution is 2.17. The first kappa shape index (κ1) is 13.9. The van der Waals surface area contributed by atoms with Crippen molar-refractivity contribution in [1.82, 2.24) is 4.98 Å². The zero-order valence-electron chi connectivity index (χ0n) is 11.1. The Morgan fingerprint density at radius 1 is 1.47 bits per heavy atom. The maximum absolute atomic E-state index is 9.21. The van der Waals surface area contributed by atoms with Crippen LogP contribution in [0.2, 0.25) is 0 Å². The van der Waals surface area contributed by atoms with E-state index in [-0.39, 0.29) is 12.6 Å². The Morgan fingerprint density at radius 2 is 2.18 bits per heavy atom. The summed E-state index contributed by atoms with van der Waals surface area (Å²) < 4.78 is 5.18. The van der Waals surface area contributed by atoms with Crippen LogP contribution in [0.15, 0.2) is 12.1 Å². The molecule has 0 saturated heterocycles. The molecule has 1 N–H and O–H groups in total. The van der Waals surface area contributed by atoms with Crippen molar-refractivity contribution in [3.05, 3.63) is 23.4 Å². The van der Waals surface area contributed by atoms with Gasteiger partial charge in [0, 0.05) is 19.3 Å². The normalized spacial score (nSPS) is 12.5. The fraction of sp³-hybridized carbons (Fsp3) is 0.615. The predicted molar refractivity (Wildman–Crippen MR) is 69.3 cm³/mol. The van der Waals surface area contributed by atoms with E-state index in [1.54, 1.807) is 7.11 Å². The number of ether oxygens (including phenoxy) is 1. The Morgan fingerprint density at radius 3 is 2.71 bits per heavy atom. The van der Waals surface area contributed by atoms with Crippen molar-refractivity contribution >= 4 is 5.82 Å². The number of aromatic nitrogens is 1. The molecular formula is C13H22N2O2. The van der Waals surface area contributed by atoms with E-state index in [0.717, 1.165) is 23.6 Å². The van der Waals surface area contributed by atoms with Crippen LogP contribution in [-0.2, 0) is 11.3 Å². The van der Waals surface area contributed by atoms with Crippen molar-refractivity contribution in [2.24, 2.45) is 0 Å². The van der Waals surface area contributed by atoms with Gasteiger partial charge in [0.25, 0.3) is 0 Å². The zero-order valence-corrected chi connectivity index (χ0v) is 11.1. The summed E-state index contributed by atoms with van der Waals surface area (Å²) in [6, 6.07) is 4.10. The number of hydrogen-bond donors (Lipinski definition) is 1. The van der Waals surface area contributed by atoms with Gasteiger partial charge in [0.1, 0.15) is 5.82 Å². The van der Waals surface area contributed by atoms with E-state index in [2.05, 4.69) is 23.7 Å². The third-order valence-corrected chi connectivity index (χ3v) is 2.76. The number of nitrogens with zero attached hydrogens (tertiary/aromatic N) is 2. The molecule has 0 aliphatic carbocycles. The molecule has 1 unspecified atom stereocenters. The molecule has 1 aromatic rings. The SMILES string of the molecule is CCN(c1cc(CO)cc(C)n1)C(C)COC. The summed E-state index contributed by atoms with van der Waals surface area (Å²) in [5, 5.41) is 9.21. The second-order valence-electron chi connectivity index (χ2n) is 4.22. The largest absolute Gasteiger partial charge is 0.392 e. The molecule has 1 rings (SSSR count). The van der Waals surface area contributed by atoms with Crippen LogP contribution in [0, 0.1) is 6.92 Å². The number of aryl methyl sites for hydroxylation is 1. The van der Waals surface area contributed by atoms with E-state index < -0.39 is 0 Å². The zero-order chi connectivity index (χ0) is 12.8. The molecule has 96 valence electrons. The second-order valence-corrected chi connectivity index (χ2v) is 4.22. The molecule has 0 fully saturated rings. The Bertz CT molecular complexity index is 355. The van der Waals surface area contributed by atoms with Crippen LogP contribution < -0.4 is 4.90 Å². The molecule has 0 saturated carbocycles. The van der Waals surface area contributed by atoms with E-state index in [1.165, 1.54) is 0 Å². The number of hydrogen-bond acceptors (Lipinski definition) is 4. The summed E-state index contributed by atoms with van der Waals surface area (Å²) in [6.07, 6.45) is 0. The van der Waals surface area contributed by atoms with Gasteiger partial charge in [-0.05, 0) is 38.5 Å². The molecule has 0 radical (unpaired) electrons. The molecule has 0 aromatic carbocycles. The molecule has 0 spiro atoms. The Hall–Kier alpha value is -1.13. The van der Waals surface area contributed by atoms with Crippen molar-refractivity contribution in [1.29, 1.82) is 0 Å². The molecule has 1 atom stereocenters. The lowest BCUT2D eigenvalue weighted by molar-refractivity contribution is 0.181. The highest BCUT2D eigenvalue weighted by molar-refractivity contribution is 5.43. The summed E-state index contributed by atoms with van der Waals surface area (Å²) >= 11 is 0. The van der Waals surface area contributed by atoms with Crippen LogP contribution in [0.1, 0.15) is 25.1 Å². The van der Waals surface area contributed by atoms with Gasteiger partial charge in [0.15, 0.2) is 0 Å². The van der Waals surface area contributed by atoms with Gasteiger partial charge in [0.05, 0.1) is 19.3 Å². The molecule has 4 nitrogen and oxygen atoms in total. The van der Waals surface area contributed by atoms with E-state index in [9.17, 15) is 5.11 Å². The average molecular weight is 238 g/mol. The van der Waals surface area contributed by atoms with Crippen molar-refractivity contribution in [3.8, 4) is 0 Å². The number of pyridine rings is 1. The summed E-state index contributed by atoms with van der Waals surface area (Å²) in [7, 11) is 1.70. The highest BCUT2D eigenvalue weighted by atomic mass is 16.5. The van der Waals surface area contributed by atoms with Gasteiger partial charge in [-0.2, -0.15) is 0 Å². The predicted octanol–water partition coefficient (Wildman–Crippen LogP) is 1.74. The van der Waals surface area contributed by atoms with Crippen molar-refractivity contribution in [3.63, 3.8) is 0 Å². The van der Waals surface area contributed by atoms with E-state index in [1.807, 2.05) is 19.1 Å². The first-order valence-corrected chi connectivity index (χ1v) is 5.96. The molecule has 17 heavy (non-hydrogen) atoms. The van der Waals surface area contributed by atoms with Crippen LogP contribution in [0.5, 0.6) is 0 Å². The molecule has 0 aliphatic rings. The lowest BCUT2D eigenvalue weighted by atomic mass is 10.2. The monoisotopic (exact) mass is 238 g/mol. The topological polar surface area (TPSA) is 45.6 Å². The molecule has 4 heteroatoms. The van der Waals surface area contributed by atoms with Crippen LogP contribution >= 0.6 is 0 Å². The van der Waals surface area contributed by atoms with Gasteiger partial charge in [-0.1, -0.05) is 0 Å². The molecule has 1 heterocycles. The fourth-order valence-corrected chi connectivity index (χ4v) is 1.99. The summed E-state index contributed by atoms with van der Waals surface area (Å²) in [6.45, 7) is 7.72. The first-order chi connectivity index (χ1) is 8.12. The van der Waals surface area contributed by atoms with Crippen LogP contribution in [0.3, 0.4) is 0 Å². The minimum atomic E-state index is 0.0482. The summed E-state index contributed by atoms with van der Waals surface area (Å²) in [5.74, 6) is 0.904. The molecule has 0 bridgehead atoms. The van der Waals surface area contributed by atoms with E-state index in [4.69, 9.17) is 4.74 Å². The lowest BCUT2D eigenvalue weighted by Crippen LogP contribution is -2.36. The number of rotatable bonds is 6. The Balaban J connectivity index is 2.98. The average Bonchev–Trinajstić information content (AvgIpc) is 2.29. The Labute approximate surface area is 103 Å². The maximum Gasteiger partial charge on any atom is 0.129 e. The number of likely N-dealkylation sites (N-methyl/N-ethyl adjacent to an activating group) is 1. The maximum atomic E-state index is 9.21. The fourth-order valence-electron chi connectivity index (χ4n) is 1.99. The molecular weight excluding hydrogens is 216 g/mol. The van der Waals surface area contributed by atoms with Crippen molar-refractivity contribution in [2.75, 3.05) is 25.2 Å². The van der Waals surface area contributed by atoms with Crippen molar-refractivity contribution in [2.45, 2.75) is 33.4 Å². The van der Waals surface area contributed by atoms with E-state index >= 15 is 0 Å². The quantitative estimate of drug-likeness (QED) is 0.820. The van der Waals surface area contributed by atoms with E-state index in [0.29, 0.717) is 6.61 Å². The number of aliphatic hydroxyl groups is 1. The number of methoxy groups -OCH3 is 1. The third-order valence-electron chi connectivity index (χ3n) is 2.76. The van der Waals surface area contributed by atoms with Gasteiger partial charge in [-0.15, -0.1) is 0 Å². The third kappa shape index (κ3) is 3.68. The van der Waals surface area contributed by atoms with Crippen LogP contribution in [0.4, 0.5) is 5.82 Å². The summed E-state index contributed by atoms with van der Waals surface area (Å²) in [5.41, 5.74) is 1.82. The minimum Gasteiger partial charge on any atom is -0.392 e. The number of aliphatic hydroxyl groups excluding tert-OH is 1. The van der Waals surface area contributed by atoms with Gasteiger partial charge >= 0.3 is 0 Å². The second kappa shape index (κ2) is 6.57. The Kier molecular flexibility index (Phi) is 5.38. The van der Waals surface area contributed by atoms with Crippen LogP contribution in [0.25, 0.3) is 0 Å². The standard InChI is InChI=1S/C13H22N2O2/c1-5-15(11(3)9-17-4)13-7-12(8-16)6-10(2)14-13/h6-7,11,16H,5,8-9H2,1-4H3. The lowest BCUT2D eigenvalue weighted by Gasteiger charge is -2.29. The van der Waals surface area contributed by atoms with Gasteiger partial charge in [-0.3, -0.25) is 0 Å². The van der Waals surface area contributed by atoms with Gasteiger partial charge < -0.3 is 14.7 Å².